The molecule has 0 fully saturated rings. The van der Waals surface area contributed by atoms with Crippen LogP contribution >= 0.6 is 11.6 Å². The van der Waals surface area contributed by atoms with Gasteiger partial charge in [0, 0.05) is 5.02 Å². The highest BCUT2D eigenvalue weighted by Gasteiger charge is 2.29. The Bertz CT molecular complexity index is 1210. The summed E-state index contributed by atoms with van der Waals surface area (Å²) in [5.74, 6) is -2.86. The number of carbonyl (C=O) groups is 1. The molecule has 3 aromatic rings. The number of halogens is 3. The Morgan fingerprint density at radius 3 is 2.16 bits per heavy atom. The Morgan fingerprint density at radius 1 is 0.968 bits per heavy atom. The molecule has 0 aliphatic heterocycles. The molecule has 3 rings (SSSR count). The number of hydrogen-bond donors (Lipinski definition) is 1. The van der Waals surface area contributed by atoms with Crippen LogP contribution in [0.4, 0.5) is 20.2 Å². The number of hydrogen-bond acceptors (Lipinski definition) is 3. The molecule has 5 nitrogen and oxygen atoms in total. The van der Waals surface area contributed by atoms with Crippen molar-refractivity contribution in [3.8, 4) is 0 Å². The van der Waals surface area contributed by atoms with E-state index >= 15 is 0 Å². The minimum Gasteiger partial charge on any atom is -0.320 e. The lowest BCUT2D eigenvalue weighted by Gasteiger charge is -2.26. The van der Waals surface area contributed by atoms with Crippen LogP contribution in [0.25, 0.3) is 0 Å². The summed E-state index contributed by atoms with van der Waals surface area (Å²) < 4.78 is 55.5. The standard InChI is InChI=1S/C22H19ClF2N2O3S/c1-14-9-11-16(12-10-14)31(29,30)27(20-8-3-5-17(23)15(20)2)13-21(28)26-22-18(24)6-4-7-19(22)25/h3-12H,13H2,1-2H3,(H,26,28). The SMILES string of the molecule is Cc1ccc(S(=O)(=O)N(CC(=O)Nc2c(F)cccc2F)c2cccc(Cl)c2C)cc1. The third-order valence-electron chi connectivity index (χ3n) is 4.63. The second kappa shape index (κ2) is 9.03. The van der Waals surface area contributed by atoms with E-state index in [1.54, 1.807) is 31.2 Å². The molecule has 9 heteroatoms. The largest absolute Gasteiger partial charge is 0.320 e. The van der Waals surface area contributed by atoms with Crippen molar-refractivity contribution in [2.75, 3.05) is 16.2 Å². The van der Waals surface area contributed by atoms with Gasteiger partial charge in [-0.2, -0.15) is 0 Å². The fourth-order valence-corrected chi connectivity index (χ4v) is 4.58. The summed E-state index contributed by atoms with van der Waals surface area (Å²) in [4.78, 5) is 12.6. The average Bonchev–Trinajstić information content (AvgIpc) is 2.72. The number of nitrogens with zero attached hydrogens (tertiary/aromatic N) is 1. The third kappa shape index (κ3) is 4.86. The molecule has 0 aromatic heterocycles. The molecule has 3 aromatic carbocycles. The highest BCUT2D eigenvalue weighted by Crippen LogP contribution is 2.31. The summed E-state index contributed by atoms with van der Waals surface area (Å²) in [5.41, 5.74) is 0.821. The molecular weight excluding hydrogens is 446 g/mol. The smallest absolute Gasteiger partial charge is 0.264 e. The maximum Gasteiger partial charge on any atom is 0.264 e. The highest BCUT2D eigenvalue weighted by molar-refractivity contribution is 7.92. The molecule has 0 atom stereocenters. The summed E-state index contributed by atoms with van der Waals surface area (Å²) >= 11 is 6.16. The minimum atomic E-state index is -4.19. The Balaban J connectivity index is 2.03. The van der Waals surface area contributed by atoms with Gasteiger partial charge in [-0.15, -0.1) is 0 Å². The van der Waals surface area contributed by atoms with Gasteiger partial charge < -0.3 is 5.32 Å². The first-order chi connectivity index (χ1) is 14.6. The normalized spacial score (nSPS) is 11.3. The number of aryl methyl sites for hydroxylation is 1. The van der Waals surface area contributed by atoms with Crippen molar-refractivity contribution < 1.29 is 22.0 Å². The molecule has 0 spiro atoms. The molecule has 162 valence electrons. The molecule has 0 saturated heterocycles. The van der Waals surface area contributed by atoms with E-state index in [0.717, 1.165) is 28.1 Å². The van der Waals surface area contributed by atoms with Crippen molar-refractivity contribution in [1.29, 1.82) is 0 Å². The first-order valence-corrected chi connectivity index (χ1v) is 11.0. The highest BCUT2D eigenvalue weighted by atomic mass is 35.5. The zero-order valence-corrected chi connectivity index (χ0v) is 18.3. The van der Waals surface area contributed by atoms with E-state index in [1.807, 2.05) is 6.92 Å². The molecule has 0 aliphatic carbocycles. The van der Waals surface area contributed by atoms with E-state index in [4.69, 9.17) is 11.6 Å². The van der Waals surface area contributed by atoms with E-state index in [2.05, 4.69) is 5.32 Å². The summed E-state index contributed by atoms with van der Waals surface area (Å²) in [6.45, 7) is 2.71. The third-order valence-corrected chi connectivity index (χ3v) is 6.81. The fourth-order valence-electron chi connectivity index (χ4n) is 2.93. The van der Waals surface area contributed by atoms with Gasteiger partial charge in [-0.25, -0.2) is 17.2 Å². The summed E-state index contributed by atoms with van der Waals surface area (Å²) in [7, 11) is -4.19. The van der Waals surface area contributed by atoms with E-state index in [1.165, 1.54) is 18.2 Å². The second-order valence-electron chi connectivity index (χ2n) is 6.85. The number of anilines is 2. The fraction of sp³-hybridized carbons (Fsp3) is 0.136. The van der Waals surface area contributed by atoms with Gasteiger partial charge in [0.25, 0.3) is 10.0 Å². The Kier molecular flexibility index (Phi) is 6.62. The number of para-hydroxylation sites is 1. The van der Waals surface area contributed by atoms with Gasteiger partial charge in [0.1, 0.15) is 23.9 Å². The van der Waals surface area contributed by atoms with Gasteiger partial charge in [-0.3, -0.25) is 9.10 Å². The van der Waals surface area contributed by atoms with Gasteiger partial charge in [0.2, 0.25) is 5.91 Å². The summed E-state index contributed by atoms with van der Waals surface area (Å²) in [6.07, 6.45) is 0. The van der Waals surface area contributed by atoms with E-state index < -0.39 is 39.8 Å². The van der Waals surface area contributed by atoms with Gasteiger partial charge in [0.15, 0.2) is 0 Å². The topological polar surface area (TPSA) is 66.5 Å². The van der Waals surface area contributed by atoms with Crippen molar-refractivity contribution in [3.63, 3.8) is 0 Å². The molecule has 1 amide bonds. The molecule has 0 radical (unpaired) electrons. The lowest BCUT2D eigenvalue weighted by Crippen LogP contribution is -2.38. The molecule has 0 bridgehead atoms. The second-order valence-corrected chi connectivity index (χ2v) is 9.12. The number of rotatable bonds is 6. The van der Waals surface area contributed by atoms with Crippen LogP contribution in [0.5, 0.6) is 0 Å². The van der Waals surface area contributed by atoms with Crippen molar-refractivity contribution in [2.24, 2.45) is 0 Å². The monoisotopic (exact) mass is 464 g/mol. The van der Waals surface area contributed by atoms with Crippen LogP contribution in [0.1, 0.15) is 11.1 Å². The van der Waals surface area contributed by atoms with Crippen molar-refractivity contribution in [2.45, 2.75) is 18.7 Å². The van der Waals surface area contributed by atoms with Crippen LogP contribution in [0.15, 0.2) is 65.6 Å². The number of amides is 1. The van der Waals surface area contributed by atoms with Crippen molar-refractivity contribution in [1.82, 2.24) is 0 Å². The maximum atomic E-state index is 13.9. The number of nitrogens with one attached hydrogen (secondary N) is 1. The Labute approximate surface area is 184 Å². The number of benzene rings is 3. The average molecular weight is 465 g/mol. The lowest BCUT2D eigenvalue weighted by atomic mass is 10.2. The molecule has 0 saturated carbocycles. The van der Waals surface area contributed by atoms with Crippen LogP contribution in [0, 0.1) is 25.5 Å². The minimum absolute atomic E-state index is 0.0395. The predicted octanol–water partition coefficient (Wildman–Crippen LogP) is 5.07. The van der Waals surface area contributed by atoms with Crippen LogP contribution in [-0.4, -0.2) is 20.9 Å². The first kappa shape index (κ1) is 22.7. The van der Waals surface area contributed by atoms with E-state index in [-0.39, 0.29) is 10.6 Å². The zero-order valence-electron chi connectivity index (χ0n) is 16.7. The molecule has 1 N–H and O–H groups in total. The molecule has 0 unspecified atom stereocenters. The van der Waals surface area contributed by atoms with Crippen LogP contribution in [0.2, 0.25) is 5.02 Å². The van der Waals surface area contributed by atoms with Crippen molar-refractivity contribution >= 4 is 38.9 Å². The summed E-state index contributed by atoms with van der Waals surface area (Å²) in [6, 6.07) is 13.9. The number of sulfonamides is 1. The quantitative estimate of drug-likeness (QED) is 0.554. The summed E-state index contributed by atoms with van der Waals surface area (Å²) in [5, 5.41) is 2.42. The van der Waals surface area contributed by atoms with Crippen LogP contribution < -0.4 is 9.62 Å². The van der Waals surface area contributed by atoms with Crippen LogP contribution in [-0.2, 0) is 14.8 Å². The van der Waals surface area contributed by atoms with Gasteiger partial charge in [0.05, 0.1) is 10.6 Å². The van der Waals surface area contributed by atoms with E-state index in [0.29, 0.717) is 10.6 Å². The van der Waals surface area contributed by atoms with Gasteiger partial charge in [-0.1, -0.05) is 41.4 Å². The number of carbonyl (C=O) groups excluding carboxylic acids is 1. The predicted molar refractivity (Wildman–Crippen MR) is 117 cm³/mol. The lowest BCUT2D eigenvalue weighted by molar-refractivity contribution is -0.114. The first-order valence-electron chi connectivity index (χ1n) is 9.19. The van der Waals surface area contributed by atoms with Gasteiger partial charge >= 0.3 is 0 Å². The molecule has 0 aliphatic rings. The van der Waals surface area contributed by atoms with Crippen molar-refractivity contribution in [3.05, 3.63) is 88.4 Å². The zero-order chi connectivity index (χ0) is 22.8. The maximum absolute atomic E-state index is 13.9. The molecular formula is C22H19ClF2N2O3S. The Morgan fingerprint density at radius 2 is 1.55 bits per heavy atom. The van der Waals surface area contributed by atoms with Crippen LogP contribution in [0.3, 0.4) is 0 Å². The molecule has 31 heavy (non-hydrogen) atoms. The Hall–Kier alpha value is -2.97. The van der Waals surface area contributed by atoms with E-state index in [9.17, 15) is 22.0 Å². The molecule has 0 heterocycles. The van der Waals surface area contributed by atoms with Gasteiger partial charge in [-0.05, 0) is 55.8 Å².